The molecule has 7 nitrogen and oxygen atoms in total. The second-order valence-electron chi connectivity index (χ2n) is 8.62. The maximum Gasteiger partial charge on any atom is 0.251 e. The molecule has 0 aliphatic carbocycles. The van der Waals surface area contributed by atoms with Crippen LogP contribution in [0.4, 0.5) is 5.69 Å². The predicted octanol–water partition coefficient (Wildman–Crippen LogP) is 4.48. The number of carbonyl (C=O) groups is 1. The summed E-state index contributed by atoms with van der Waals surface area (Å²) < 4.78 is 37.3. The zero-order valence-electron chi connectivity index (χ0n) is 20.7. The Hall–Kier alpha value is -3.52. The Labute approximate surface area is 207 Å². The fraction of sp³-hybridized carbons (Fsp3) is 0.296. The Balaban J connectivity index is 1.62. The van der Waals surface area contributed by atoms with Gasteiger partial charge in [0, 0.05) is 5.56 Å². The SMILES string of the molecule is COc1ccc(OC[C@H](C)NC(=O)c2ccc(CN(c3cc(C)ccc3C)S(C)(=O)=O)cc2)cc1. The van der Waals surface area contributed by atoms with E-state index in [1.807, 2.05) is 63.2 Å². The van der Waals surface area contributed by atoms with E-state index in [9.17, 15) is 13.2 Å². The van der Waals surface area contributed by atoms with Crippen LogP contribution in [0.15, 0.2) is 66.7 Å². The van der Waals surface area contributed by atoms with Crippen molar-refractivity contribution in [2.24, 2.45) is 0 Å². The molecule has 1 N–H and O–H groups in total. The third-order valence-corrected chi connectivity index (χ3v) is 6.64. The van der Waals surface area contributed by atoms with Gasteiger partial charge in [-0.1, -0.05) is 24.3 Å². The number of aryl methyl sites for hydroxylation is 2. The molecule has 1 atom stereocenters. The summed E-state index contributed by atoms with van der Waals surface area (Å²) in [5, 5.41) is 2.92. The third-order valence-electron chi connectivity index (χ3n) is 5.51. The molecule has 0 aromatic heterocycles. The number of hydrogen-bond acceptors (Lipinski definition) is 5. The fourth-order valence-corrected chi connectivity index (χ4v) is 4.48. The zero-order valence-corrected chi connectivity index (χ0v) is 21.6. The van der Waals surface area contributed by atoms with Gasteiger partial charge in [-0.15, -0.1) is 0 Å². The molecule has 186 valence electrons. The second kappa shape index (κ2) is 11.3. The summed E-state index contributed by atoms with van der Waals surface area (Å²) in [7, 11) is -1.89. The van der Waals surface area contributed by atoms with Gasteiger partial charge in [-0.2, -0.15) is 0 Å². The van der Waals surface area contributed by atoms with Crippen LogP contribution in [-0.2, 0) is 16.6 Å². The number of benzene rings is 3. The lowest BCUT2D eigenvalue weighted by Crippen LogP contribution is -2.36. The summed E-state index contributed by atoms with van der Waals surface area (Å²) in [6.45, 7) is 6.18. The molecule has 0 spiro atoms. The van der Waals surface area contributed by atoms with E-state index < -0.39 is 10.0 Å². The maximum atomic E-state index is 12.7. The van der Waals surface area contributed by atoms with Crippen molar-refractivity contribution in [2.45, 2.75) is 33.4 Å². The van der Waals surface area contributed by atoms with Crippen LogP contribution >= 0.6 is 0 Å². The molecular formula is C27H32N2O5S. The van der Waals surface area contributed by atoms with Gasteiger partial charge < -0.3 is 14.8 Å². The number of hydrogen-bond donors (Lipinski definition) is 1. The van der Waals surface area contributed by atoms with Crippen molar-refractivity contribution < 1.29 is 22.7 Å². The first kappa shape index (κ1) is 26.1. The molecule has 0 bridgehead atoms. The molecule has 0 heterocycles. The van der Waals surface area contributed by atoms with Crippen molar-refractivity contribution in [3.8, 4) is 11.5 Å². The molecule has 3 rings (SSSR count). The van der Waals surface area contributed by atoms with E-state index in [0.29, 0.717) is 23.6 Å². The van der Waals surface area contributed by atoms with E-state index >= 15 is 0 Å². The van der Waals surface area contributed by atoms with Gasteiger partial charge in [0.2, 0.25) is 10.0 Å². The minimum absolute atomic E-state index is 0.178. The topological polar surface area (TPSA) is 84.9 Å². The molecule has 0 unspecified atom stereocenters. The van der Waals surface area contributed by atoms with Crippen LogP contribution in [0.5, 0.6) is 11.5 Å². The molecular weight excluding hydrogens is 464 g/mol. The Morgan fingerprint density at radius 2 is 1.60 bits per heavy atom. The fourth-order valence-electron chi connectivity index (χ4n) is 3.54. The molecule has 35 heavy (non-hydrogen) atoms. The Morgan fingerprint density at radius 3 is 2.20 bits per heavy atom. The van der Waals surface area contributed by atoms with Crippen LogP contribution in [-0.4, -0.2) is 40.3 Å². The van der Waals surface area contributed by atoms with Crippen molar-refractivity contribution in [1.82, 2.24) is 5.32 Å². The van der Waals surface area contributed by atoms with Crippen molar-refractivity contribution in [1.29, 1.82) is 0 Å². The molecule has 8 heteroatoms. The molecule has 0 radical (unpaired) electrons. The smallest absolute Gasteiger partial charge is 0.251 e. The number of amides is 1. The van der Waals surface area contributed by atoms with Gasteiger partial charge >= 0.3 is 0 Å². The summed E-state index contributed by atoms with van der Waals surface area (Å²) in [6, 6.07) is 19.7. The van der Waals surface area contributed by atoms with E-state index in [4.69, 9.17) is 9.47 Å². The zero-order chi connectivity index (χ0) is 25.6. The van der Waals surface area contributed by atoms with Crippen LogP contribution in [0.25, 0.3) is 0 Å². The summed E-state index contributed by atoms with van der Waals surface area (Å²) >= 11 is 0. The molecule has 0 fully saturated rings. The average Bonchev–Trinajstić information content (AvgIpc) is 2.83. The van der Waals surface area contributed by atoms with Crippen molar-refractivity contribution in [3.63, 3.8) is 0 Å². The minimum atomic E-state index is -3.50. The highest BCUT2D eigenvalue weighted by atomic mass is 32.2. The normalized spacial score (nSPS) is 12.0. The van der Waals surface area contributed by atoms with Gasteiger partial charge in [0.1, 0.15) is 18.1 Å². The van der Waals surface area contributed by atoms with Crippen molar-refractivity contribution >= 4 is 21.6 Å². The highest BCUT2D eigenvalue weighted by Gasteiger charge is 2.20. The summed E-state index contributed by atoms with van der Waals surface area (Å²) in [5.41, 5.74) is 3.78. The third kappa shape index (κ3) is 7.23. The van der Waals surface area contributed by atoms with Crippen LogP contribution < -0.4 is 19.1 Å². The number of nitrogens with one attached hydrogen (secondary N) is 1. The van der Waals surface area contributed by atoms with Gasteiger partial charge in [0.15, 0.2) is 0 Å². The van der Waals surface area contributed by atoms with E-state index in [-0.39, 0.29) is 18.5 Å². The number of sulfonamides is 1. The number of ether oxygens (including phenoxy) is 2. The first-order valence-electron chi connectivity index (χ1n) is 11.3. The quantitative estimate of drug-likeness (QED) is 0.448. The molecule has 0 aliphatic rings. The van der Waals surface area contributed by atoms with Gasteiger partial charge in [0.25, 0.3) is 5.91 Å². The van der Waals surface area contributed by atoms with Crippen LogP contribution in [0.1, 0.15) is 34.0 Å². The second-order valence-corrected chi connectivity index (χ2v) is 10.5. The summed E-state index contributed by atoms with van der Waals surface area (Å²) in [4.78, 5) is 12.7. The standard InChI is InChI=1S/C27H32N2O5S/c1-19-6-7-20(2)26(16-19)29(35(5,31)32)17-22-8-10-23(11-9-22)27(30)28-21(3)18-34-25-14-12-24(33-4)13-15-25/h6-16,21H,17-18H2,1-5H3,(H,28,30)/t21-/m0/s1. The van der Waals surface area contributed by atoms with Crippen molar-refractivity contribution in [3.05, 3.63) is 89.0 Å². The molecule has 1 amide bonds. The van der Waals surface area contributed by atoms with Crippen LogP contribution in [0.3, 0.4) is 0 Å². The first-order chi connectivity index (χ1) is 16.6. The number of nitrogens with zero attached hydrogens (tertiary/aromatic N) is 1. The maximum absolute atomic E-state index is 12.7. The van der Waals surface area contributed by atoms with Crippen molar-refractivity contribution in [2.75, 3.05) is 24.3 Å². The largest absolute Gasteiger partial charge is 0.497 e. The Bertz CT molecular complexity index is 1260. The molecule has 3 aromatic rings. The summed E-state index contributed by atoms with van der Waals surface area (Å²) in [6.07, 6.45) is 1.20. The Kier molecular flexibility index (Phi) is 8.40. The lowest BCUT2D eigenvalue weighted by molar-refractivity contribution is 0.0926. The van der Waals surface area contributed by atoms with Gasteiger partial charge in [0.05, 0.1) is 31.6 Å². The molecule has 3 aromatic carbocycles. The Morgan fingerprint density at radius 1 is 0.971 bits per heavy atom. The first-order valence-corrected chi connectivity index (χ1v) is 13.1. The number of rotatable bonds is 10. The minimum Gasteiger partial charge on any atom is -0.497 e. The molecule has 0 aliphatic heterocycles. The van der Waals surface area contributed by atoms with E-state index in [1.54, 1.807) is 31.4 Å². The predicted molar refractivity (Wildman–Crippen MR) is 139 cm³/mol. The van der Waals surface area contributed by atoms with E-state index in [1.165, 1.54) is 10.6 Å². The number of anilines is 1. The average molecular weight is 497 g/mol. The van der Waals surface area contributed by atoms with E-state index in [0.717, 1.165) is 22.4 Å². The van der Waals surface area contributed by atoms with E-state index in [2.05, 4.69) is 5.32 Å². The van der Waals surface area contributed by atoms with Crippen LogP contribution in [0, 0.1) is 13.8 Å². The van der Waals surface area contributed by atoms with Gasteiger partial charge in [-0.25, -0.2) is 8.42 Å². The monoisotopic (exact) mass is 496 g/mol. The highest BCUT2D eigenvalue weighted by molar-refractivity contribution is 7.92. The van der Waals surface area contributed by atoms with Gasteiger partial charge in [-0.05, 0) is 79.9 Å². The number of methoxy groups -OCH3 is 1. The molecule has 0 saturated carbocycles. The summed E-state index contributed by atoms with van der Waals surface area (Å²) in [5.74, 6) is 1.21. The molecule has 0 saturated heterocycles. The van der Waals surface area contributed by atoms with Gasteiger partial charge in [-0.3, -0.25) is 9.10 Å². The van der Waals surface area contributed by atoms with Crippen LogP contribution in [0.2, 0.25) is 0 Å². The highest BCUT2D eigenvalue weighted by Crippen LogP contribution is 2.26. The lowest BCUT2D eigenvalue weighted by Gasteiger charge is -2.25. The number of carbonyl (C=O) groups excluding carboxylic acids is 1. The lowest BCUT2D eigenvalue weighted by atomic mass is 10.1.